The van der Waals surface area contributed by atoms with Crippen molar-refractivity contribution < 1.29 is 4.92 Å². The highest BCUT2D eigenvalue weighted by Crippen LogP contribution is 2.47. The van der Waals surface area contributed by atoms with Gasteiger partial charge in [-0.1, -0.05) is 17.8 Å². The fraction of sp³-hybridized carbons (Fsp3) is 0. The minimum atomic E-state index is -0.526. The third-order valence-corrected chi connectivity index (χ3v) is 3.94. The molecule has 1 aromatic heterocycles. The molecule has 0 saturated carbocycles. The molecular weight excluding hydrogens is 280 g/mol. The molecule has 98 valence electrons. The van der Waals surface area contributed by atoms with Crippen molar-refractivity contribution in [3.63, 3.8) is 0 Å². The normalized spacial score (nSPS) is 11.8. The van der Waals surface area contributed by atoms with E-state index in [2.05, 4.69) is 10.3 Å². The van der Waals surface area contributed by atoms with E-state index in [1.807, 2.05) is 6.07 Å². The molecule has 0 saturated heterocycles. The molecule has 2 heterocycles. The van der Waals surface area contributed by atoms with Crippen molar-refractivity contribution in [2.45, 2.75) is 9.79 Å². The standard InChI is InChI=1S/C12H6N4O3S/c13-4-6-10-9(5-14-12(6)17)20-8-3-1-2-7(16(18)19)11(8)15-10/h1-3,5,15H,(H,14,17). The molecule has 1 aromatic carbocycles. The molecule has 2 N–H and O–H groups in total. The number of benzene rings is 1. The SMILES string of the molecule is N#Cc1c2c(c[nH]c1=O)Sc1cccc([N+](=O)[O-])c1N2. The molecule has 0 unspecified atom stereocenters. The highest BCUT2D eigenvalue weighted by molar-refractivity contribution is 7.99. The Morgan fingerprint density at radius 2 is 2.10 bits per heavy atom. The molecule has 0 bridgehead atoms. The minimum absolute atomic E-state index is 0.0844. The highest BCUT2D eigenvalue weighted by atomic mass is 32.2. The van der Waals surface area contributed by atoms with Crippen molar-refractivity contribution in [3.05, 3.63) is 50.4 Å². The molecule has 0 radical (unpaired) electrons. The Hall–Kier alpha value is -2.79. The molecule has 1 aliphatic rings. The van der Waals surface area contributed by atoms with Crippen LogP contribution in [0.1, 0.15) is 5.56 Å². The first kappa shape index (κ1) is 12.3. The number of nitrogens with zero attached hydrogens (tertiary/aromatic N) is 2. The zero-order chi connectivity index (χ0) is 14.3. The van der Waals surface area contributed by atoms with Crippen molar-refractivity contribution in [2.75, 3.05) is 5.32 Å². The molecule has 0 atom stereocenters. The van der Waals surface area contributed by atoms with Gasteiger partial charge in [-0.05, 0) is 6.07 Å². The maximum atomic E-state index is 11.6. The van der Waals surface area contributed by atoms with Crippen molar-refractivity contribution >= 4 is 28.8 Å². The van der Waals surface area contributed by atoms with Crippen LogP contribution >= 0.6 is 11.8 Å². The van der Waals surface area contributed by atoms with Crippen molar-refractivity contribution in [1.82, 2.24) is 4.98 Å². The quantitative estimate of drug-likeness (QED) is 0.524. The number of H-pyrrole nitrogens is 1. The van der Waals surface area contributed by atoms with Crippen LogP contribution in [0.5, 0.6) is 0 Å². The van der Waals surface area contributed by atoms with Crippen LogP contribution in [0.4, 0.5) is 17.1 Å². The lowest BCUT2D eigenvalue weighted by molar-refractivity contribution is -0.384. The summed E-state index contributed by atoms with van der Waals surface area (Å²) in [6, 6.07) is 6.51. The third kappa shape index (κ3) is 1.72. The van der Waals surface area contributed by atoms with Crippen LogP contribution in [0.15, 0.2) is 39.0 Å². The number of anilines is 2. The van der Waals surface area contributed by atoms with Gasteiger partial charge in [0.25, 0.3) is 11.2 Å². The van der Waals surface area contributed by atoms with Gasteiger partial charge >= 0.3 is 0 Å². The van der Waals surface area contributed by atoms with Gasteiger partial charge in [-0.2, -0.15) is 5.26 Å². The molecule has 2 aromatic rings. The summed E-state index contributed by atoms with van der Waals surface area (Å²) in [5.41, 5.74) is -0.0924. The lowest BCUT2D eigenvalue weighted by Gasteiger charge is -2.20. The van der Waals surface area contributed by atoms with Crippen LogP contribution in [0.2, 0.25) is 0 Å². The van der Waals surface area contributed by atoms with Gasteiger partial charge in [0.05, 0.1) is 15.5 Å². The molecule has 0 aliphatic carbocycles. The Kier molecular flexibility index (Phi) is 2.69. The number of hydrogen-bond acceptors (Lipinski definition) is 6. The number of para-hydroxylation sites is 1. The largest absolute Gasteiger partial charge is 0.347 e. The predicted molar refractivity (Wildman–Crippen MR) is 72.3 cm³/mol. The monoisotopic (exact) mass is 286 g/mol. The van der Waals surface area contributed by atoms with E-state index in [1.54, 1.807) is 12.1 Å². The van der Waals surface area contributed by atoms with Crippen LogP contribution in [0, 0.1) is 21.4 Å². The van der Waals surface area contributed by atoms with Crippen molar-refractivity contribution in [2.24, 2.45) is 0 Å². The van der Waals surface area contributed by atoms with E-state index in [9.17, 15) is 14.9 Å². The number of aromatic amines is 1. The number of nitriles is 1. The van der Waals surface area contributed by atoms with E-state index >= 15 is 0 Å². The van der Waals surface area contributed by atoms with E-state index in [-0.39, 0.29) is 11.3 Å². The van der Waals surface area contributed by atoms with E-state index in [1.165, 1.54) is 24.0 Å². The Labute approximate surface area is 116 Å². The first-order valence-electron chi connectivity index (χ1n) is 5.50. The maximum Gasteiger partial charge on any atom is 0.293 e. The topological polar surface area (TPSA) is 112 Å². The van der Waals surface area contributed by atoms with Gasteiger partial charge in [0.2, 0.25) is 0 Å². The molecule has 0 amide bonds. The Morgan fingerprint density at radius 3 is 2.80 bits per heavy atom. The van der Waals surface area contributed by atoms with Gasteiger partial charge in [0.1, 0.15) is 17.3 Å². The molecule has 1 aliphatic heterocycles. The summed E-state index contributed by atoms with van der Waals surface area (Å²) in [6.45, 7) is 0. The lowest BCUT2D eigenvalue weighted by atomic mass is 10.2. The van der Waals surface area contributed by atoms with E-state index in [4.69, 9.17) is 5.26 Å². The fourth-order valence-corrected chi connectivity index (χ4v) is 2.96. The summed E-state index contributed by atoms with van der Waals surface area (Å²) in [6.07, 6.45) is 1.48. The Balaban J connectivity index is 2.23. The van der Waals surface area contributed by atoms with Crippen LogP contribution in [0.25, 0.3) is 0 Å². The number of pyridine rings is 1. The van der Waals surface area contributed by atoms with Gasteiger partial charge in [0.15, 0.2) is 0 Å². The molecule has 0 fully saturated rings. The zero-order valence-electron chi connectivity index (χ0n) is 9.84. The molecule has 20 heavy (non-hydrogen) atoms. The van der Waals surface area contributed by atoms with E-state index in [0.717, 1.165) is 0 Å². The van der Waals surface area contributed by atoms with Crippen LogP contribution in [0.3, 0.4) is 0 Å². The number of nitro groups is 1. The Bertz CT molecular complexity index is 838. The third-order valence-electron chi connectivity index (χ3n) is 2.84. The van der Waals surface area contributed by atoms with Gasteiger partial charge in [-0.15, -0.1) is 0 Å². The summed E-state index contributed by atoms with van der Waals surface area (Å²) in [5, 5.41) is 22.9. The summed E-state index contributed by atoms with van der Waals surface area (Å²) < 4.78 is 0. The lowest BCUT2D eigenvalue weighted by Crippen LogP contribution is -2.15. The second kappa shape index (κ2) is 4.40. The molecule has 8 heteroatoms. The van der Waals surface area contributed by atoms with Gasteiger partial charge in [-0.25, -0.2) is 0 Å². The average Bonchev–Trinajstić information content (AvgIpc) is 2.44. The zero-order valence-corrected chi connectivity index (χ0v) is 10.7. The summed E-state index contributed by atoms with van der Waals surface area (Å²) >= 11 is 1.26. The van der Waals surface area contributed by atoms with Gasteiger partial charge in [-0.3, -0.25) is 14.9 Å². The van der Waals surface area contributed by atoms with E-state index < -0.39 is 10.5 Å². The first-order valence-corrected chi connectivity index (χ1v) is 6.31. The molecule has 0 spiro atoms. The summed E-state index contributed by atoms with van der Waals surface area (Å²) in [4.78, 5) is 25.9. The molecule has 7 nitrogen and oxygen atoms in total. The highest BCUT2D eigenvalue weighted by Gasteiger charge is 2.26. The summed E-state index contributed by atoms with van der Waals surface area (Å²) in [7, 11) is 0. The van der Waals surface area contributed by atoms with Gasteiger partial charge < -0.3 is 10.3 Å². The van der Waals surface area contributed by atoms with E-state index in [0.29, 0.717) is 21.2 Å². The van der Waals surface area contributed by atoms with Crippen LogP contribution < -0.4 is 10.9 Å². The summed E-state index contributed by atoms with van der Waals surface area (Å²) in [5.74, 6) is 0. The number of fused-ring (bicyclic) bond motifs is 2. The minimum Gasteiger partial charge on any atom is -0.347 e. The number of nitrogens with one attached hydrogen (secondary N) is 2. The number of rotatable bonds is 1. The maximum absolute atomic E-state index is 11.6. The molecule has 3 rings (SSSR count). The van der Waals surface area contributed by atoms with Crippen molar-refractivity contribution in [1.29, 1.82) is 5.26 Å². The fourth-order valence-electron chi connectivity index (χ4n) is 1.95. The Morgan fingerprint density at radius 1 is 1.30 bits per heavy atom. The molecular formula is C12H6N4O3S. The average molecular weight is 286 g/mol. The predicted octanol–water partition coefficient (Wildman–Crippen LogP) is 2.36. The number of aromatic nitrogens is 1. The number of hydrogen-bond donors (Lipinski definition) is 2. The van der Waals surface area contributed by atoms with Gasteiger partial charge in [0, 0.05) is 17.2 Å². The van der Waals surface area contributed by atoms with Crippen LogP contribution in [-0.4, -0.2) is 9.91 Å². The van der Waals surface area contributed by atoms with Crippen molar-refractivity contribution in [3.8, 4) is 6.07 Å². The second-order valence-corrected chi connectivity index (χ2v) is 5.06. The second-order valence-electron chi connectivity index (χ2n) is 3.98. The number of nitro benzene ring substituents is 1. The van der Waals surface area contributed by atoms with Crippen LogP contribution in [-0.2, 0) is 0 Å². The smallest absolute Gasteiger partial charge is 0.293 e. The first-order chi connectivity index (χ1) is 9.61.